The van der Waals surface area contributed by atoms with Crippen molar-refractivity contribution in [1.82, 2.24) is 20.9 Å². The van der Waals surface area contributed by atoms with Crippen LogP contribution in [0.15, 0.2) is 9.98 Å². The average molecular weight is 513 g/mol. The van der Waals surface area contributed by atoms with Gasteiger partial charge in [0.1, 0.15) is 0 Å². The predicted molar refractivity (Wildman–Crippen MR) is 144 cm³/mol. The zero-order valence-corrected chi connectivity index (χ0v) is 21.9. The van der Waals surface area contributed by atoms with Crippen LogP contribution in [0.3, 0.4) is 0 Å². The molecule has 0 aliphatic carbocycles. The Morgan fingerprint density at radius 1 is 0.667 bits per heavy atom. The van der Waals surface area contributed by atoms with E-state index in [4.69, 9.17) is 22.9 Å². The fraction of sp³-hybridized carbons (Fsp3) is 0.783. The van der Waals surface area contributed by atoms with E-state index in [1.165, 1.54) is 0 Å². The van der Waals surface area contributed by atoms with Gasteiger partial charge in [-0.3, -0.25) is 24.4 Å². The fourth-order valence-electron chi connectivity index (χ4n) is 3.20. The van der Waals surface area contributed by atoms with Crippen molar-refractivity contribution in [3.8, 4) is 0 Å². The molecule has 13 nitrogen and oxygen atoms in total. The molecular formula is C23H48N10O3. The number of amides is 3. The monoisotopic (exact) mass is 512 g/mol. The lowest BCUT2D eigenvalue weighted by Gasteiger charge is -2.22. The summed E-state index contributed by atoms with van der Waals surface area (Å²) in [5.41, 5.74) is 21.3. The molecule has 0 aliphatic heterocycles. The summed E-state index contributed by atoms with van der Waals surface area (Å²) in [6.07, 6.45) is 5.64. The summed E-state index contributed by atoms with van der Waals surface area (Å²) >= 11 is 0. The van der Waals surface area contributed by atoms with E-state index in [2.05, 4.69) is 32.9 Å². The summed E-state index contributed by atoms with van der Waals surface area (Å²) in [6.45, 7) is 6.63. The molecule has 208 valence electrons. The Kier molecular flexibility index (Phi) is 20.5. The number of rotatable bonds is 22. The number of hydrogen-bond acceptors (Lipinski definition) is 6. The molecule has 3 amide bonds. The summed E-state index contributed by atoms with van der Waals surface area (Å²) in [5, 5.41) is 9.04. The highest BCUT2D eigenvalue weighted by molar-refractivity contribution is 5.83. The smallest absolute Gasteiger partial charge is 0.223 e. The Hall–Kier alpha value is -3.09. The van der Waals surface area contributed by atoms with Crippen LogP contribution in [0.25, 0.3) is 0 Å². The number of guanidine groups is 2. The van der Waals surface area contributed by atoms with E-state index in [9.17, 15) is 14.4 Å². The van der Waals surface area contributed by atoms with Crippen LogP contribution in [0.5, 0.6) is 0 Å². The molecule has 0 aromatic heterocycles. The second-order valence-corrected chi connectivity index (χ2v) is 8.46. The molecule has 0 atom stereocenters. The maximum absolute atomic E-state index is 12.6. The van der Waals surface area contributed by atoms with Gasteiger partial charge in [0, 0.05) is 58.5 Å². The Morgan fingerprint density at radius 3 is 1.64 bits per heavy atom. The van der Waals surface area contributed by atoms with Gasteiger partial charge in [0.25, 0.3) is 0 Å². The minimum absolute atomic E-state index is 0.0128. The first-order valence-corrected chi connectivity index (χ1v) is 12.9. The maximum atomic E-state index is 12.6. The van der Waals surface area contributed by atoms with E-state index in [1.54, 1.807) is 4.90 Å². The summed E-state index contributed by atoms with van der Waals surface area (Å²) < 4.78 is 0. The van der Waals surface area contributed by atoms with Crippen LogP contribution < -0.4 is 38.9 Å². The molecule has 0 radical (unpaired) electrons. The largest absolute Gasteiger partial charge is 0.370 e. The molecule has 0 spiro atoms. The molecule has 13 heteroatoms. The highest BCUT2D eigenvalue weighted by Gasteiger charge is 2.14. The molecule has 0 aromatic carbocycles. The number of aliphatic imine (C=N–C) groups is 2. The Morgan fingerprint density at radius 2 is 1.17 bits per heavy atom. The molecule has 36 heavy (non-hydrogen) atoms. The molecule has 0 bridgehead atoms. The first-order chi connectivity index (χ1) is 17.3. The molecular weight excluding hydrogens is 464 g/mol. The highest BCUT2D eigenvalue weighted by atomic mass is 16.2. The van der Waals surface area contributed by atoms with E-state index < -0.39 is 0 Å². The normalized spacial score (nSPS) is 10.4. The van der Waals surface area contributed by atoms with Crippen LogP contribution in [0.4, 0.5) is 0 Å². The van der Waals surface area contributed by atoms with Gasteiger partial charge in [-0.2, -0.15) is 0 Å². The van der Waals surface area contributed by atoms with Gasteiger partial charge in [-0.05, 0) is 45.2 Å². The summed E-state index contributed by atoms with van der Waals surface area (Å²) in [4.78, 5) is 45.8. The van der Waals surface area contributed by atoms with Crippen molar-refractivity contribution >= 4 is 29.6 Å². The average Bonchev–Trinajstić information content (AvgIpc) is 2.83. The van der Waals surface area contributed by atoms with Crippen LogP contribution in [0.1, 0.15) is 64.7 Å². The third kappa shape index (κ3) is 21.4. The first-order valence-electron chi connectivity index (χ1n) is 12.9. The van der Waals surface area contributed by atoms with Crippen LogP contribution in [0.2, 0.25) is 0 Å². The summed E-state index contributed by atoms with van der Waals surface area (Å²) in [7, 11) is 0. The zero-order valence-electron chi connectivity index (χ0n) is 21.9. The number of carbonyl (C=O) groups is 3. The summed E-state index contributed by atoms with van der Waals surface area (Å²) in [6, 6.07) is 0. The highest BCUT2D eigenvalue weighted by Crippen LogP contribution is 2.03. The molecule has 0 fully saturated rings. The Labute approximate surface area is 215 Å². The van der Waals surface area contributed by atoms with Crippen molar-refractivity contribution in [2.75, 3.05) is 52.4 Å². The van der Waals surface area contributed by atoms with Crippen molar-refractivity contribution in [2.45, 2.75) is 64.7 Å². The third-order valence-corrected chi connectivity index (χ3v) is 5.14. The van der Waals surface area contributed by atoms with Crippen molar-refractivity contribution in [3.05, 3.63) is 0 Å². The van der Waals surface area contributed by atoms with Gasteiger partial charge in [-0.25, -0.2) is 0 Å². The fourth-order valence-corrected chi connectivity index (χ4v) is 3.20. The van der Waals surface area contributed by atoms with E-state index in [1.807, 2.05) is 0 Å². The molecule has 0 saturated carbocycles. The van der Waals surface area contributed by atoms with E-state index in [0.29, 0.717) is 58.5 Å². The van der Waals surface area contributed by atoms with Crippen molar-refractivity contribution in [2.24, 2.45) is 32.9 Å². The second kappa shape index (κ2) is 22.4. The molecule has 0 rings (SSSR count). The van der Waals surface area contributed by atoms with Gasteiger partial charge in [0.05, 0.1) is 0 Å². The van der Waals surface area contributed by atoms with Gasteiger partial charge in [0.15, 0.2) is 11.9 Å². The number of nitrogens with one attached hydrogen (secondary N) is 3. The lowest BCUT2D eigenvalue weighted by molar-refractivity contribution is -0.133. The summed E-state index contributed by atoms with van der Waals surface area (Å²) in [5.74, 6) is -0.127. The number of nitrogens with two attached hydrogens (primary N) is 4. The SMILES string of the molecule is CCCCC(=O)NCCCNCCCNC(=O)CCC(=O)N(CCCN=C(N)N)CCCN=C(N)N. The quantitative estimate of drug-likeness (QED) is 0.0524. The van der Waals surface area contributed by atoms with Crippen LogP contribution >= 0.6 is 0 Å². The van der Waals surface area contributed by atoms with Crippen LogP contribution in [-0.2, 0) is 14.4 Å². The lowest BCUT2D eigenvalue weighted by atomic mass is 10.2. The molecule has 0 aromatic rings. The van der Waals surface area contributed by atoms with Gasteiger partial charge < -0.3 is 43.8 Å². The van der Waals surface area contributed by atoms with Gasteiger partial charge >= 0.3 is 0 Å². The molecule has 11 N–H and O–H groups in total. The molecule has 0 unspecified atom stereocenters. The topological polar surface area (TPSA) is 219 Å². The number of carbonyl (C=O) groups excluding carboxylic acids is 3. The van der Waals surface area contributed by atoms with E-state index >= 15 is 0 Å². The van der Waals surface area contributed by atoms with Crippen molar-refractivity contribution in [1.29, 1.82) is 0 Å². The van der Waals surface area contributed by atoms with E-state index in [-0.39, 0.29) is 42.5 Å². The zero-order chi connectivity index (χ0) is 27.0. The van der Waals surface area contributed by atoms with Crippen LogP contribution in [-0.4, -0.2) is 86.9 Å². The number of hydrogen-bond donors (Lipinski definition) is 7. The molecule has 0 heterocycles. The lowest BCUT2D eigenvalue weighted by Crippen LogP contribution is -2.35. The number of nitrogens with zero attached hydrogens (tertiary/aromatic N) is 3. The van der Waals surface area contributed by atoms with Crippen molar-refractivity contribution < 1.29 is 14.4 Å². The standard InChI is InChI=1S/C23H48N10O3/c1-2-3-8-19(34)29-13-4-11-28-12-5-14-30-20(35)9-10-21(36)33(17-6-15-31-22(24)25)18-7-16-32-23(26)27/h28H,2-18H2,1H3,(H,29,34)(H,30,35)(H4,24,25,31)(H4,26,27,32). The number of unbranched alkanes of at least 4 members (excludes halogenated alkanes) is 1. The Balaban J connectivity index is 4.05. The predicted octanol–water partition coefficient (Wildman–Crippen LogP) is -1.29. The second-order valence-electron chi connectivity index (χ2n) is 8.46. The van der Waals surface area contributed by atoms with Gasteiger partial charge in [-0.1, -0.05) is 13.3 Å². The van der Waals surface area contributed by atoms with Gasteiger partial charge in [-0.15, -0.1) is 0 Å². The van der Waals surface area contributed by atoms with Crippen LogP contribution in [0, 0.1) is 0 Å². The van der Waals surface area contributed by atoms with Crippen molar-refractivity contribution in [3.63, 3.8) is 0 Å². The van der Waals surface area contributed by atoms with E-state index in [0.717, 1.165) is 38.8 Å². The first kappa shape index (κ1) is 32.9. The molecule has 0 saturated heterocycles. The van der Waals surface area contributed by atoms with Gasteiger partial charge in [0.2, 0.25) is 17.7 Å². The maximum Gasteiger partial charge on any atom is 0.223 e. The molecule has 0 aliphatic rings. The minimum atomic E-state index is -0.154. The third-order valence-electron chi connectivity index (χ3n) is 5.14. The Bertz CT molecular complexity index is 653. The minimum Gasteiger partial charge on any atom is -0.370 e.